The lowest BCUT2D eigenvalue weighted by Gasteiger charge is -2.20. The lowest BCUT2D eigenvalue weighted by Crippen LogP contribution is -2.37. The number of nitrogens with one attached hydrogen (secondary N) is 2. The lowest BCUT2D eigenvalue weighted by molar-refractivity contribution is 0.0940. The summed E-state index contributed by atoms with van der Waals surface area (Å²) in [6.07, 6.45) is 2.46. The predicted molar refractivity (Wildman–Crippen MR) is 135 cm³/mol. The third kappa shape index (κ3) is 5.69. The molecule has 3 amide bonds. The highest BCUT2D eigenvalue weighted by Gasteiger charge is 2.18. The lowest BCUT2D eigenvalue weighted by atomic mass is 10.1. The van der Waals surface area contributed by atoms with Crippen molar-refractivity contribution in [2.75, 3.05) is 25.6 Å². The minimum absolute atomic E-state index is 0.0274. The van der Waals surface area contributed by atoms with Gasteiger partial charge in [-0.1, -0.05) is 18.5 Å². The molecule has 0 unspecified atom stereocenters. The molecule has 34 heavy (non-hydrogen) atoms. The maximum absolute atomic E-state index is 12.7. The van der Waals surface area contributed by atoms with Crippen molar-refractivity contribution in [1.29, 1.82) is 0 Å². The van der Waals surface area contributed by atoms with Crippen molar-refractivity contribution in [1.82, 2.24) is 15.6 Å². The molecule has 2 aromatic carbocycles. The molecule has 2 N–H and O–H groups in total. The van der Waals surface area contributed by atoms with Crippen molar-refractivity contribution in [3.05, 3.63) is 53.2 Å². The topological polar surface area (TPSA) is 92.8 Å². The molecule has 8 nitrogen and oxygen atoms in total. The third-order valence-corrected chi connectivity index (χ3v) is 5.33. The van der Waals surface area contributed by atoms with Crippen molar-refractivity contribution in [2.24, 2.45) is 0 Å². The average Bonchev–Trinajstić information content (AvgIpc) is 2.81. The first-order valence-electron chi connectivity index (χ1n) is 11.0. The van der Waals surface area contributed by atoms with E-state index in [1.54, 1.807) is 49.6 Å². The van der Waals surface area contributed by atoms with Crippen LogP contribution in [0.3, 0.4) is 0 Å². The van der Waals surface area contributed by atoms with E-state index in [-0.39, 0.29) is 18.0 Å². The number of methoxy groups -OCH3 is 1. The Kier molecular flexibility index (Phi) is 8.17. The first-order chi connectivity index (χ1) is 16.2. The number of nitrogens with zero attached hydrogens (tertiary/aromatic N) is 2. The van der Waals surface area contributed by atoms with Gasteiger partial charge in [-0.05, 0) is 44.5 Å². The number of carbonyl (C=O) groups is 2. The van der Waals surface area contributed by atoms with E-state index in [1.807, 2.05) is 20.8 Å². The summed E-state index contributed by atoms with van der Waals surface area (Å²) >= 11 is 6.46. The summed E-state index contributed by atoms with van der Waals surface area (Å²) in [7, 11) is 3.16. The highest BCUT2D eigenvalue weighted by molar-refractivity contribution is 6.34. The first kappa shape index (κ1) is 25.1. The van der Waals surface area contributed by atoms with E-state index in [9.17, 15) is 9.59 Å². The fourth-order valence-corrected chi connectivity index (χ4v) is 3.63. The maximum atomic E-state index is 12.7. The van der Waals surface area contributed by atoms with Gasteiger partial charge >= 0.3 is 6.03 Å². The van der Waals surface area contributed by atoms with Crippen LogP contribution in [0.25, 0.3) is 10.9 Å². The summed E-state index contributed by atoms with van der Waals surface area (Å²) in [5, 5.41) is 6.70. The van der Waals surface area contributed by atoms with Gasteiger partial charge in [0.2, 0.25) is 0 Å². The summed E-state index contributed by atoms with van der Waals surface area (Å²) in [5.74, 6) is 1.16. The predicted octanol–water partition coefficient (Wildman–Crippen LogP) is 5.38. The highest BCUT2D eigenvalue weighted by atomic mass is 35.5. The summed E-state index contributed by atoms with van der Waals surface area (Å²) < 4.78 is 11.5. The Morgan fingerprint density at radius 1 is 1.15 bits per heavy atom. The van der Waals surface area contributed by atoms with Crippen LogP contribution in [0.2, 0.25) is 5.02 Å². The Morgan fingerprint density at radius 3 is 2.56 bits per heavy atom. The zero-order valence-electron chi connectivity index (χ0n) is 19.9. The summed E-state index contributed by atoms with van der Waals surface area (Å²) in [4.78, 5) is 30.8. The SMILES string of the molecule is CCCNC(=O)N(C)c1ccc(Oc2ccnc3cc(OC)c(C(=O)NC(C)C)cc23)cc1Cl. The van der Waals surface area contributed by atoms with E-state index in [0.717, 1.165) is 6.42 Å². The number of pyridine rings is 1. The molecule has 0 fully saturated rings. The van der Waals surface area contributed by atoms with Crippen LogP contribution in [0.15, 0.2) is 42.6 Å². The van der Waals surface area contributed by atoms with Gasteiger partial charge in [0.05, 0.1) is 28.9 Å². The molecule has 0 saturated heterocycles. The number of benzene rings is 2. The van der Waals surface area contributed by atoms with Crippen molar-refractivity contribution < 1.29 is 19.1 Å². The van der Waals surface area contributed by atoms with Crippen LogP contribution in [-0.4, -0.2) is 43.7 Å². The van der Waals surface area contributed by atoms with Gasteiger partial charge in [-0.2, -0.15) is 0 Å². The van der Waals surface area contributed by atoms with Crippen molar-refractivity contribution >= 4 is 40.1 Å². The van der Waals surface area contributed by atoms with Crippen LogP contribution in [0.4, 0.5) is 10.5 Å². The third-order valence-electron chi connectivity index (χ3n) is 5.03. The van der Waals surface area contributed by atoms with E-state index < -0.39 is 0 Å². The van der Waals surface area contributed by atoms with E-state index in [2.05, 4.69) is 15.6 Å². The van der Waals surface area contributed by atoms with Crippen LogP contribution < -0.4 is 25.0 Å². The monoisotopic (exact) mass is 484 g/mol. The Morgan fingerprint density at radius 2 is 1.91 bits per heavy atom. The molecule has 0 aliphatic carbocycles. The molecule has 3 aromatic rings. The standard InChI is InChI=1S/C25H29ClN4O4/c1-6-10-28-25(32)30(4)21-8-7-16(12-19(21)26)34-22-9-11-27-20-14-23(33-5)18(13-17(20)22)24(31)29-15(2)3/h7-9,11-15H,6,10H2,1-5H3,(H,28,32)(H,29,31). The molecule has 0 aliphatic heterocycles. The molecular formula is C25H29ClN4O4. The second kappa shape index (κ2) is 11.1. The first-order valence-corrected chi connectivity index (χ1v) is 11.4. The molecule has 0 spiro atoms. The molecule has 9 heteroatoms. The normalized spacial score (nSPS) is 10.8. The van der Waals surface area contributed by atoms with Crippen LogP contribution in [0.1, 0.15) is 37.6 Å². The van der Waals surface area contributed by atoms with Gasteiger partial charge in [0, 0.05) is 43.4 Å². The van der Waals surface area contributed by atoms with Gasteiger partial charge < -0.3 is 20.1 Å². The summed E-state index contributed by atoms with van der Waals surface area (Å²) in [5.41, 5.74) is 1.56. The van der Waals surface area contributed by atoms with E-state index in [0.29, 0.717) is 51.0 Å². The minimum atomic E-state index is -0.250. The van der Waals surface area contributed by atoms with Gasteiger partial charge in [-0.3, -0.25) is 14.7 Å². The number of fused-ring (bicyclic) bond motifs is 1. The van der Waals surface area contributed by atoms with Crippen LogP contribution in [-0.2, 0) is 0 Å². The zero-order chi connectivity index (χ0) is 24.8. The number of hydrogen-bond donors (Lipinski definition) is 2. The van der Waals surface area contributed by atoms with Gasteiger partial charge in [0.1, 0.15) is 17.2 Å². The summed E-state index contributed by atoms with van der Waals surface area (Å²) in [6, 6.07) is 9.95. The van der Waals surface area contributed by atoms with Gasteiger partial charge in [0.15, 0.2) is 0 Å². The molecule has 3 rings (SSSR count). The van der Waals surface area contributed by atoms with Crippen molar-refractivity contribution in [2.45, 2.75) is 33.2 Å². The van der Waals surface area contributed by atoms with Gasteiger partial charge in [0.25, 0.3) is 5.91 Å². The van der Waals surface area contributed by atoms with E-state index in [1.165, 1.54) is 12.0 Å². The molecule has 0 saturated carbocycles. The largest absolute Gasteiger partial charge is 0.496 e. The fourth-order valence-electron chi connectivity index (χ4n) is 3.33. The molecule has 0 aliphatic rings. The highest BCUT2D eigenvalue weighted by Crippen LogP contribution is 2.36. The summed E-state index contributed by atoms with van der Waals surface area (Å²) in [6.45, 7) is 6.34. The average molecular weight is 485 g/mol. The molecule has 0 atom stereocenters. The van der Waals surface area contributed by atoms with Crippen molar-refractivity contribution in [3.63, 3.8) is 0 Å². The Labute approximate surface area is 204 Å². The number of anilines is 1. The molecule has 180 valence electrons. The maximum Gasteiger partial charge on any atom is 0.321 e. The number of aromatic nitrogens is 1. The van der Waals surface area contributed by atoms with Crippen LogP contribution >= 0.6 is 11.6 Å². The molecule has 1 aromatic heterocycles. The number of hydrogen-bond acceptors (Lipinski definition) is 5. The van der Waals surface area contributed by atoms with Gasteiger partial charge in [-0.25, -0.2) is 4.79 Å². The number of urea groups is 1. The smallest absolute Gasteiger partial charge is 0.321 e. The second-order valence-electron chi connectivity index (χ2n) is 8.01. The van der Waals surface area contributed by atoms with E-state index >= 15 is 0 Å². The number of rotatable bonds is 8. The fraction of sp³-hybridized carbons (Fsp3) is 0.320. The van der Waals surface area contributed by atoms with E-state index in [4.69, 9.17) is 21.1 Å². The minimum Gasteiger partial charge on any atom is -0.496 e. The number of carbonyl (C=O) groups excluding carboxylic acids is 2. The van der Waals surface area contributed by atoms with Crippen LogP contribution in [0.5, 0.6) is 17.2 Å². The Hall–Kier alpha value is -3.52. The Balaban J connectivity index is 1.93. The Bertz CT molecular complexity index is 1200. The second-order valence-corrected chi connectivity index (χ2v) is 8.42. The number of amides is 3. The zero-order valence-corrected chi connectivity index (χ0v) is 20.7. The van der Waals surface area contributed by atoms with Crippen LogP contribution in [0, 0.1) is 0 Å². The molecule has 1 heterocycles. The quantitative estimate of drug-likeness (QED) is 0.447. The van der Waals surface area contributed by atoms with Crippen molar-refractivity contribution in [3.8, 4) is 17.2 Å². The molecule has 0 bridgehead atoms. The number of ether oxygens (including phenoxy) is 2. The molecule has 0 radical (unpaired) electrons. The van der Waals surface area contributed by atoms with Gasteiger partial charge in [-0.15, -0.1) is 0 Å². The number of halogens is 1. The molecular weight excluding hydrogens is 456 g/mol.